The van der Waals surface area contributed by atoms with Crippen molar-refractivity contribution in [2.24, 2.45) is 5.73 Å². The van der Waals surface area contributed by atoms with E-state index in [-0.39, 0.29) is 0 Å². The Kier molecular flexibility index (Phi) is 5.99. The average Bonchev–Trinajstić information content (AvgIpc) is 1.81. The van der Waals surface area contributed by atoms with Crippen LogP contribution in [0.15, 0.2) is 24.8 Å². The second-order valence-electron chi connectivity index (χ2n) is 1.59. The molecular weight excluding hydrogens is 98.1 g/mol. The minimum absolute atomic E-state index is 0.779. The van der Waals surface area contributed by atoms with Crippen molar-refractivity contribution >= 4 is 0 Å². The molecule has 0 aromatic rings. The Bertz CT molecular complexity index is 74.5. The highest BCUT2D eigenvalue weighted by molar-refractivity contribution is 4.96. The maximum Gasteiger partial charge on any atom is -0.00743 e. The van der Waals surface area contributed by atoms with Gasteiger partial charge in [-0.1, -0.05) is 24.8 Å². The SMILES string of the molecule is C=C/C=C/CCCN. The van der Waals surface area contributed by atoms with E-state index in [1.165, 1.54) is 0 Å². The number of unbranched alkanes of at least 4 members (excludes halogenated alkanes) is 1. The zero-order chi connectivity index (χ0) is 6.24. The molecule has 0 bridgehead atoms. The summed E-state index contributed by atoms with van der Waals surface area (Å²) in [5.41, 5.74) is 5.25. The molecule has 0 aliphatic carbocycles. The van der Waals surface area contributed by atoms with Crippen molar-refractivity contribution in [1.82, 2.24) is 0 Å². The van der Waals surface area contributed by atoms with Gasteiger partial charge in [-0.15, -0.1) is 0 Å². The molecular formula is C7H13N. The van der Waals surface area contributed by atoms with E-state index in [0.29, 0.717) is 0 Å². The molecule has 0 aromatic carbocycles. The summed E-state index contributed by atoms with van der Waals surface area (Å²) in [5, 5.41) is 0. The minimum Gasteiger partial charge on any atom is -0.330 e. The van der Waals surface area contributed by atoms with Crippen molar-refractivity contribution in [3.05, 3.63) is 24.8 Å². The molecule has 0 fully saturated rings. The van der Waals surface area contributed by atoms with Gasteiger partial charge in [-0.3, -0.25) is 0 Å². The van der Waals surface area contributed by atoms with Gasteiger partial charge in [-0.25, -0.2) is 0 Å². The zero-order valence-electron chi connectivity index (χ0n) is 5.14. The van der Waals surface area contributed by atoms with Gasteiger partial charge in [0.15, 0.2) is 0 Å². The smallest absolute Gasteiger partial charge is 0.00743 e. The summed E-state index contributed by atoms with van der Waals surface area (Å²) in [7, 11) is 0. The third-order valence-corrected chi connectivity index (χ3v) is 0.847. The van der Waals surface area contributed by atoms with Gasteiger partial charge in [0, 0.05) is 0 Å². The second kappa shape index (κ2) is 6.44. The number of nitrogens with two attached hydrogens (primary N) is 1. The van der Waals surface area contributed by atoms with E-state index in [9.17, 15) is 0 Å². The van der Waals surface area contributed by atoms with E-state index in [1.54, 1.807) is 6.08 Å². The standard InChI is InChI=1S/C7H13N/c1-2-3-4-5-6-7-8/h2-4H,1,5-8H2/b4-3+. The normalized spacial score (nSPS) is 10.1. The molecule has 1 nitrogen and oxygen atoms in total. The van der Waals surface area contributed by atoms with Crippen LogP contribution in [-0.4, -0.2) is 6.54 Å². The van der Waals surface area contributed by atoms with Crippen LogP contribution in [0.5, 0.6) is 0 Å². The number of rotatable bonds is 4. The average molecular weight is 111 g/mol. The third kappa shape index (κ3) is 5.44. The fraction of sp³-hybridized carbons (Fsp3) is 0.429. The van der Waals surface area contributed by atoms with Gasteiger partial charge in [0.25, 0.3) is 0 Å². The van der Waals surface area contributed by atoms with Crippen LogP contribution in [0.4, 0.5) is 0 Å². The first-order valence-electron chi connectivity index (χ1n) is 2.89. The zero-order valence-corrected chi connectivity index (χ0v) is 5.14. The van der Waals surface area contributed by atoms with Gasteiger partial charge in [0.2, 0.25) is 0 Å². The molecule has 1 heteroatoms. The summed E-state index contributed by atoms with van der Waals surface area (Å²) in [6, 6.07) is 0. The largest absolute Gasteiger partial charge is 0.330 e. The van der Waals surface area contributed by atoms with Crippen LogP contribution in [0, 0.1) is 0 Å². The van der Waals surface area contributed by atoms with Crippen molar-refractivity contribution in [2.75, 3.05) is 6.54 Å². The Morgan fingerprint density at radius 3 is 2.75 bits per heavy atom. The van der Waals surface area contributed by atoms with E-state index in [0.717, 1.165) is 19.4 Å². The number of hydrogen-bond acceptors (Lipinski definition) is 1. The Balaban J connectivity index is 2.91. The molecule has 0 rings (SSSR count). The van der Waals surface area contributed by atoms with Gasteiger partial charge in [0.1, 0.15) is 0 Å². The Labute approximate surface area is 50.9 Å². The Morgan fingerprint density at radius 2 is 2.25 bits per heavy atom. The molecule has 8 heavy (non-hydrogen) atoms. The van der Waals surface area contributed by atoms with Crippen molar-refractivity contribution in [3.8, 4) is 0 Å². The van der Waals surface area contributed by atoms with Crippen LogP contribution in [0.1, 0.15) is 12.8 Å². The summed E-state index contributed by atoms with van der Waals surface area (Å²) >= 11 is 0. The van der Waals surface area contributed by atoms with Crippen LogP contribution >= 0.6 is 0 Å². The predicted molar refractivity (Wildman–Crippen MR) is 37.6 cm³/mol. The first-order chi connectivity index (χ1) is 3.91. The van der Waals surface area contributed by atoms with Gasteiger partial charge in [-0.05, 0) is 19.4 Å². The summed E-state index contributed by atoms with van der Waals surface area (Å²) in [5.74, 6) is 0. The van der Waals surface area contributed by atoms with Crippen molar-refractivity contribution in [1.29, 1.82) is 0 Å². The molecule has 0 unspecified atom stereocenters. The highest BCUT2D eigenvalue weighted by atomic mass is 14.5. The van der Waals surface area contributed by atoms with E-state index in [4.69, 9.17) is 5.73 Å². The Hall–Kier alpha value is -0.560. The summed E-state index contributed by atoms with van der Waals surface area (Å²) in [6.45, 7) is 4.32. The molecule has 2 N–H and O–H groups in total. The van der Waals surface area contributed by atoms with Gasteiger partial charge in [-0.2, -0.15) is 0 Å². The second-order valence-corrected chi connectivity index (χ2v) is 1.59. The minimum atomic E-state index is 0.779. The fourth-order valence-corrected chi connectivity index (χ4v) is 0.428. The molecule has 0 saturated carbocycles. The van der Waals surface area contributed by atoms with Gasteiger partial charge in [0.05, 0.1) is 0 Å². The maximum absolute atomic E-state index is 5.25. The van der Waals surface area contributed by atoms with Gasteiger partial charge >= 0.3 is 0 Å². The molecule has 0 aliphatic heterocycles. The lowest BCUT2D eigenvalue weighted by atomic mass is 10.3. The van der Waals surface area contributed by atoms with Crippen LogP contribution in [-0.2, 0) is 0 Å². The first-order valence-corrected chi connectivity index (χ1v) is 2.89. The molecule has 0 atom stereocenters. The predicted octanol–water partition coefficient (Wildman–Crippen LogP) is 1.47. The van der Waals surface area contributed by atoms with Crippen molar-refractivity contribution in [3.63, 3.8) is 0 Å². The molecule has 0 radical (unpaired) electrons. The molecule has 46 valence electrons. The van der Waals surface area contributed by atoms with Gasteiger partial charge < -0.3 is 5.73 Å². The maximum atomic E-state index is 5.25. The number of hydrogen-bond donors (Lipinski definition) is 1. The van der Waals surface area contributed by atoms with Crippen LogP contribution in [0.2, 0.25) is 0 Å². The molecule has 0 aromatic heterocycles. The van der Waals surface area contributed by atoms with Crippen LogP contribution in [0.3, 0.4) is 0 Å². The lowest BCUT2D eigenvalue weighted by Crippen LogP contribution is -1.96. The van der Waals surface area contributed by atoms with Crippen molar-refractivity contribution < 1.29 is 0 Å². The monoisotopic (exact) mass is 111 g/mol. The van der Waals surface area contributed by atoms with E-state index in [2.05, 4.69) is 12.7 Å². The topological polar surface area (TPSA) is 26.0 Å². The first kappa shape index (κ1) is 7.44. The van der Waals surface area contributed by atoms with Crippen molar-refractivity contribution in [2.45, 2.75) is 12.8 Å². The molecule has 0 heterocycles. The highest BCUT2D eigenvalue weighted by Crippen LogP contribution is 1.86. The third-order valence-electron chi connectivity index (χ3n) is 0.847. The molecule has 0 spiro atoms. The fourth-order valence-electron chi connectivity index (χ4n) is 0.428. The lowest BCUT2D eigenvalue weighted by Gasteiger charge is -1.84. The summed E-state index contributed by atoms with van der Waals surface area (Å²) in [4.78, 5) is 0. The Morgan fingerprint density at radius 1 is 1.50 bits per heavy atom. The summed E-state index contributed by atoms with van der Waals surface area (Å²) < 4.78 is 0. The highest BCUT2D eigenvalue weighted by Gasteiger charge is 1.73. The van der Waals surface area contributed by atoms with Crippen LogP contribution in [0.25, 0.3) is 0 Å². The quantitative estimate of drug-likeness (QED) is 0.431. The summed E-state index contributed by atoms with van der Waals surface area (Å²) in [6.07, 6.45) is 7.93. The molecule has 0 aliphatic rings. The van der Waals surface area contributed by atoms with Crippen LogP contribution < -0.4 is 5.73 Å². The number of allylic oxidation sites excluding steroid dienone is 3. The lowest BCUT2D eigenvalue weighted by molar-refractivity contribution is 0.855. The molecule has 0 saturated heterocycles. The van der Waals surface area contributed by atoms with E-state index < -0.39 is 0 Å². The van der Waals surface area contributed by atoms with E-state index in [1.807, 2.05) is 6.08 Å². The molecule has 0 amide bonds. The van der Waals surface area contributed by atoms with E-state index >= 15 is 0 Å².